The highest BCUT2D eigenvalue weighted by atomic mass is 16.4. The fraction of sp³-hybridized carbons (Fsp3) is 0. The van der Waals surface area contributed by atoms with Crippen LogP contribution in [0.1, 0.15) is 41.4 Å². The average Bonchev–Trinajstić information content (AvgIpc) is 2.63. The van der Waals surface area contributed by atoms with E-state index in [2.05, 4.69) is 0 Å². The van der Waals surface area contributed by atoms with Gasteiger partial charge in [-0.25, -0.2) is 19.2 Å². The quantitative estimate of drug-likeness (QED) is 0.395. The lowest BCUT2D eigenvalue weighted by Crippen LogP contribution is -2.17. The summed E-state index contributed by atoms with van der Waals surface area (Å²) in [5.74, 6) is -6.55. The summed E-state index contributed by atoms with van der Waals surface area (Å²) >= 11 is 0. The minimum Gasteiger partial charge on any atom is -0.478 e. The highest BCUT2D eigenvalue weighted by molar-refractivity contribution is 6.34. The third kappa shape index (κ3) is 2.11. The maximum atomic E-state index is 12.0. The molecule has 138 valence electrons. The van der Waals surface area contributed by atoms with Crippen LogP contribution in [-0.4, -0.2) is 44.3 Å². The lowest BCUT2D eigenvalue weighted by atomic mass is 9.83. The summed E-state index contributed by atoms with van der Waals surface area (Å²) in [4.78, 5) is 47.6. The van der Waals surface area contributed by atoms with E-state index >= 15 is 0 Å². The largest absolute Gasteiger partial charge is 0.478 e. The van der Waals surface area contributed by atoms with Crippen LogP contribution in [0.15, 0.2) is 36.4 Å². The molecule has 8 heteroatoms. The van der Waals surface area contributed by atoms with Crippen LogP contribution < -0.4 is 0 Å². The molecule has 0 heterocycles. The highest BCUT2D eigenvalue weighted by Gasteiger charge is 2.32. The second kappa shape index (κ2) is 5.65. The van der Waals surface area contributed by atoms with E-state index in [-0.39, 0.29) is 16.2 Å². The molecule has 0 unspecified atom stereocenters. The highest BCUT2D eigenvalue weighted by Crippen LogP contribution is 2.41. The minimum atomic E-state index is -1.77. The molecule has 0 atom stereocenters. The van der Waals surface area contributed by atoms with Crippen LogP contribution >= 0.6 is 0 Å². The van der Waals surface area contributed by atoms with E-state index in [0.717, 1.165) is 0 Å². The molecule has 4 aromatic carbocycles. The van der Waals surface area contributed by atoms with Crippen LogP contribution in [0.2, 0.25) is 0 Å². The molecule has 0 aliphatic rings. The van der Waals surface area contributed by atoms with E-state index in [9.17, 15) is 39.6 Å². The van der Waals surface area contributed by atoms with Crippen molar-refractivity contribution in [2.75, 3.05) is 0 Å². The van der Waals surface area contributed by atoms with Crippen LogP contribution in [0.25, 0.3) is 32.3 Å². The average molecular weight is 378 g/mol. The molecule has 28 heavy (non-hydrogen) atoms. The smallest absolute Gasteiger partial charge is 0.337 e. The Kier molecular flexibility index (Phi) is 3.47. The second-order valence-electron chi connectivity index (χ2n) is 6.21. The molecule has 0 saturated carbocycles. The molecule has 0 amide bonds. The Bertz CT molecular complexity index is 1370. The Morgan fingerprint density at radius 2 is 1.18 bits per heavy atom. The Labute approximate surface area is 155 Å². The van der Waals surface area contributed by atoms with Crippen molar-refractivity contribution in [3.8, 4) is 0 Å². The summed E-state index contributed by atoms with van der Waals surface area (Å²) in [6.07, 6.45) is 0. The van der Waals surface area contributed by atoms with Gasteiger partial charge in [-0.15, -0.1) is 0 Å². The zero-order chi connectivity index (χ0) is 20.3. The molecule has 0 spiro atoms. The van der Waals surface area contributed by atoms with E-state index in [4.69, 9.17) is 0 Å². The third-order valence-electron chi connectivity index (χ3n) is 4.79. The molecule has 0 aliphatic carbocycles. The Balaban J connectivity index is 2.52. The summed E-state index contributed by atoms with van der Waals surface area (Å²) in [7, 11) is 0. The first kappa shape index (κ1) is 17.2. The SMILES string of the molecule is O=C(O)c1c(C(=O)O)c2ccc3cccc4cc(C(=O)O)c(c1C(=O)O)c2c34. The van der Waals surface area contributed by atoms with Gasteiger partial charge in [0.2, 0.25) is 0 Å². The predicted octanol–water partition coefficient (Wildman–Crippen LogP) is 3.38. The van der Waals surface area contributed by atoms with Crippen LogP contribution in [0.4, 0.5) is 0 Å². The number of carboxylic acids is 4. The molecule has 0 aliphatic heterocycles. The fourth-order valence-corrected chi connectivity index (χ4v) is 3.82. The maximum absolute atomic E-state index is 12.0. The van der Waals surface area contributed by atoms with Gasteiger partial charge in [0.1, 0.15) is 0 Å². The van der Waals surface area contributed by atoms with Crippen molar-refractivity contribution < 1.29 is 39.6 Å². The van der Waals surface area contributed by atoms with Gasteiger partial charge in [0, 0.05) is 5.39 Å². The number of hydrogen-bond donors (Lipinski definition) is 4. The van der Waals surface area contributed by atoms with Gasteiger partial charge in [-0.2, -0.15) is 0 Å². The third-order valence-corrected chi connectivity index (χ3v) is 4.79. The maximum Gasteiger partial charge on any atom is 0.337 e. The number of carbonyl (C=O) groups is 4. The van der Waals surface area contributed by atoms with Gasteiger partial charge in [-0.1, -0.05) is 30.3 Å². The van der Waals surface area contributed by atoms with Crippen LogP contribution in [0, 0.1) is 0 Å². The van der Waals surface area contributed by atoms with Crippen molar-refractivity contribution in [3.05, 3.63) is 58.7 Å². The van der Waals surface area contributed by atoms with E-state index in [0.29, 0.717) is 16.2 Å². The zero-order valence-electron chi connectivity index (χ0n) is 13.9. The molecule has 8 nitrogen and oxygen atoms in total. The van der Waals surface area contributed by atoms with Gasteiger partial charge in [0.25, 0.3) is 0 Å². The molecule has 0 bridgehead atoms. The normalized spacial score (nSPS) is 11.3. The lowest BCUT2D eigenvalue weighted by Gasteiger charge is -2.18. The number of hydrogen-bond acceptors (Lipinski definition) is 4. The summed E-state index contributed by atoms with van der Waals surface area (Å²) in [6.45, 7) is 0. The standard InChI is InChI=1S/C20H10O8/c21-17(22)10-6-8-3-1-2-7-4-5-9-12(11(7)8)13(10)15(19(25)26)16(20(27)28)14(9)18(23)24/h1-6H,(H,21,22)(H,23,24)(H,25,26)(H,27,28). The molecule has 4 aromatic rings. The van der Waals surface area contributed by atoms with Gasteiger partial charge in [-0.3, -0.25) is 0 Å². The van der Waals surface area contributed by atoms with Gasteiger partial charge in [0.05, 0.1) is 22.3 Å². The minimum absolute atomic E-state index is 0.0308. The van der Waals surface area contributed by atoms with E-state index < -0.39 is 46.1 Å². The molecule has 0 saturated heterocycles. The number of carboxylic acid groups (broad SMARTS) is 4. The first-order valence-electron chi connectivity index (χ1n) is 7.94. The van der Waals surface area contributed by atoms with Gasteiger partial charge in [-0.05, 0) is 33.0 Å². The molecular weight excluding hydrogens is 368 g/mol. The molecule has 0 radical (unpaired) electrons. The first-order chi connectivity index (χ1) is 13.2. The number of rotatable bonds is 4. The molecule has 0 aromatic heterocycles. The van der Waals surface area contributed by atoms with Crippen LogP contribution in [-0.2, 0) is 0 Å². The van der Waals surface area contributed by atoms with E-state index in [1.165, 1.54) is 12.1 Å². The lowest BCUT2D eigenvalue weighted by molar-refractivity contribution is 0.0635. The Hall–Kier alpha value is -4.20. The first-order valence-corrected chi connectivity index (χ1v) is 7.94. The topological polar surface area (TPSA) is 149 Å². The van der Waals surface area contributed by atoms with Crippen molar-refractivity contribution in [2.24, 2.45) is 0 Å². The van der Waals surface area contributed by atoms with Crippen molar-refractivity contribution >= 4 is 56.2 Å². The predicted molar refractivity (Wildman–Crippen MR) is 98.0 cm³/mol. The Morgan fingerprint density at radius 1 is 0.571 bits per heavy atom. The van der Waals surface area contributed by atoms with E-state index in [1.807, 2.05) is 0 Å². The monoisotopic (exact) mass is 378 g/mol. The fourth-order valence-electron chi connectivity index (χ4n) is 3.82. The van der Waals surface area contributed by atoms with Crippen molar-refractivity contribution in [2.45, 2.75) is 0 Å². The van der Waals surface area contributed by atoms with E-state index in [1.54, 1.807) is 24.3 Å². The Morgan fingerprint density at radius 3 is 1.75 bits per heavy atom. The second-order valence-corrected chi connectivity index (χ2v) is 6.21. The summed E-state index contributed by atoms with van der Waals surface area (Å²) in [5.41, 5.74) is -2.90. The molecule has 0 fully saturated rings. The van der Waals surface area contributed by atoms with Crippen LogP contribution in [0.5, 0.6) is 0 Å². The van der Waals surface area contributed by atoms with Gasteiger partial charge in [0.15, 0.2) is 0 Å². The number of aromatic carboxylic acids is 4. The molecule has 4 rings (SSSR count). The van der Waals surface area contributed by atoms with Crippen molar-refractivity contribution in [1.29, 1.82) is 0 Å². The molecule has 4 N–H and O–H groups in total. The summed E-state index contributed by atoms with van der Waals surface area (Å²) in [6, 6.07) is 9.25. The van der Waals surface area contributed by atoms with Crippen molar-refractivity contribution in [3.63, 3.8) is 0 Å². The molecular formula is C20H10O8. The number of benzene rings is 4. The summed E-state index contributed by atoms with van der Waals surface area (Å²) < 4.78 is 0. The van der Waals surface area contributed by atoms with Gasteiger partial charge < -0.3 is 20.4 Å². The van der Waals surface area contributed by atoms with Crippen LogP contribution in [0.3, 0.4) is 0 Å². The van der Waals surface area contributed by atoms with Gasteiger partial charge >= 0.3 is 23.9 Å². The zero-order valence-corrected chi connectivity index (χ0v) is 13.9. The van der Waals surface area contributed by atoms with Crippen molar-refractivity contribution in [1.82, 2.24) is 0 Å². The summed E-state index contributed by atoms with van der Waals surface area (Å²) in [5, 5.41) is 40.0.